The summed E-state index contributed by atoms with van der Waals surface area (Å²) in [6.07, 6.45) is -1.24. The molecule has 18 heavy (non-hydrogen) atoms. The second kappa shape index (κ2) is 4.36. The van der Waals surface area contributed by atoms with Crippen molar-refractivity contribution in [3.8, 4) is 17.1 Å². The van der Waals surface area contributed by atoms with Gasteiger partial charge in [-0.2, -0.15) is 5.10 Å². The predicted octanol–water partition coefficient (Wildman–Crippen LogP) is 1.37. The molecule has 0 spiro atoms. The van der Waals surface area contributed by atoms with Crippen molar-refractivity contribution in [3.63, 3.8) is 0 Å². The van der Waals surface area contributed by atoms with E-state index in [9.17, 15) is 4.79 Å². The fourth-order valence-electron chi connectivity index (χ4n) is 1.56. The van der Waals surface area contributed by atoms with E-state index in [4.69, 9.17) is 15.6 Å². The highest BCUT2D eigenvalue weighted by molar-refractivity contribution is 5.75. The molecule has 2 aromatic rings. The number of carbonyl (C=O) groups is 1. The number of anilines is 1. The minimum Gasteiger partial charge on any atom is -0.480 e. The molecule has 0 saturated carbocycles. The Kier molecular flexibility index (Phi) is 2.88. The third-order valence-corrected chi connectivity index (χ3v) is 2.39. The number of aryl methyl sites for hydroxylation is 1. The number of nitrogens with zero attached hydrogens (tertiary/aromatic N) is 3. The molecule has 0 aliphatic carbocycles. The highest BCUT2D eigenvalue weighted by Gasteiger charge is 2.15. The third-order valence-electron chi connectivity index (χ3n) is 2.39. The molecule has 0 atom stereocenters. The standard InChI is InChI=1S/C11H12N4O3/c1-6-3-4-7(10(13-6)18-2)8-5-9(12)15(14-8)11(16)17/h3-5H,12H2,1-2H3,(H,16,17). The van der Waals surface area contributed by atoms with Crippen molar-refractivity contribution in [2.75, 3.05) is 12.8 Å². The lowest BCUT2D eigenvalue weighted by Gasteiger charge is -2.05. The van der Waals surface area contributed by atoms with Crippen LogP contribution in [0.3, 0.4) is 0 Å². The molecule has 0 radical (unpaired) electrons. The van der Waals surface area contributed by atoms with E-state index in [1.54, 1.807) is 12.1 Å². The van der Waals surface area contributed by atoms with Gasteiger partial charge in [0.2, 0.25) is 5.88 Å². The Balaban J connectivity index is 2.55. The molecule has 0 unspecified atom stereocenters. The van der Waals surface area contributed by atoms with Crippen LogP contribution in [0.2, 0.25) is 0 Å². The van der Waals surface area contributed by atoms with Gasteiger partial charge < -0.3 is 15.6 Å². The lowest BCUT2D eigenvalue weighted by atomic mass is 10.2. The number of carboxylic acid groups (broad SMARTS) is 1. The van der Waals surface area contributed by atoms with Crippen molar-refractivity contribution in [2.24, 2.45) is 0 Å². The van der Waals surface area contributed by atoms with Crippen molar-refractivity contribution in [1.29, 1.82) is 0 Å². The van der Waals surface area contributed by atoms with Crippen molar-refractivity contribution in [1.82, 2.24) is 14.8 Å². The molecule has 0 fully saturated rings. The van der Waals surface area contributed by atoms with E-state index in [0.29, 0.717) is 21.8 Å². The van der Waals surface area contributed by atoms with Crippen molar-refractivity contribution < 1.29 is 14.6 Å². The van der Waals surface area contributed by atoms with E-state index in [0.717, 1.165) is 5.69 Å². The molecule has 0 saturated heterocycles. The zero-order valence-corrected chi connectivity index (χ0v) is 9.91. The quantitative estimate of drug-likeness (QED) is 0.831. The largest absolute Gasteiger partial charge is 0.480 e. The molecule has 0 aromatic carbocycles. The van der Waals surface area contributed by atoms with E-state index < -0.39 is 6.09 Å². The molecular formula is C11H12N4O3. The Labute approximate surface area is 103 Å². The number of methoxy groups -OCH3 is 1. The lowest BCUT2D eigenvalue weighted by Crippen LogP contribution is -2.12. The number of hydrogen-bond acceptors (Lipinski definition) is 5. The molecule has 0 aliphatic rings. The first-order chi connectivity index (χ1) is 8.52. The molecule has 7 nitrogen and oxygen atoms in total. The summed E-state index contributed by atoms with van der Waals surface area (Å²) in [5, 5.41) is 12.8. The first-order valence-electron chi connectivity index (χ1n) is 5.13. The van der Waals surface area contributed by atoms with Crippen molar-refractivity contribution in [3.05, 3.63) is 23.9 Å². The van der Waals surface area contributed by atoms with E-state index >= 15 is 0 Å². The number of ether oxygens (including phenoxy) is 1. The highest BCUT2D eigenvalue weighted by atomic mass is 16.5. The first kappa shape index (κ1) is 11.9. The van der Waals surface area contributed by atoms with Gasteiger partial charge in [0.1, 0.15) is 11.5 Å². The maximum absolute atomic E-state index is 10.8. The number of hydrogen-bond donors (Lipinski definition) is 2. The van der Waals surface area contributed by atoms with Gasteiger partial charge in [0.25, 0.3) is 0 Å². The van der Waals surface area contributed by atoms with Crippen LogP contribution in [-0.2, 0) is 0 Å². The Morgan fingerprint density at radius 2 is 2.22 bits per heavy atom. The van der Waals surface area contributed by atoms with E-state index in [1.165, 1.54) is 13.2 Å². The fourth-order valence-corrected chi connectivity index (χ4v) is 1.56. The van der Waals surface area contributed by atoms with Gasteiger partial charge in [-0.1, -0.05) is 0 Å². The molecule has 3 N–H and O–H groups in total. The third kappa shape index (κ3) is 1.97. The second-order valence-electron chi connectivity index (χ2n) is 3.66. The number of aromatic nitrogens is 3. The first-order valence-corrected chi connectivity index (χ1v) is 5.13. The van der Waals surface area contributed by atoms with E-state index in [1.807, 2.05) is 6.92 Å². The van der Waals surface area contributed by atoms with Crippen molar-refractivity contribution in [2.45, 2.75) is 6.92 Å². The average Bonchev–Trinajstić information content (AvgIpc) is 2.71. The Morgan fingerprint density at radius 3 is 2.78 bits per heavy atom. The summed E-state index contributed by atoms with van der Waals surface area (Å²) in [4.78, 5) is 15.0. The molecule has 0 amide bonds. The Morgan fingerprint density at radius 1 is 1.50 bits per heavy atom. The minimum atomic E-state index is -1.24. The summed E-state index contributed by atoms with van der Waals surface area (Å²) in [5.74, 6) is 0.421. The van der Waals surface area contributed by atoms with Crippen LogP contribution >= 0.6 is 0 Å². The van der Waals surface area contributed by atoms with Gasteiger partial charge in [-0.05, 0) is 19.1 Å². The zero-order chi connectivity index (χ0) is 13.3. The number of pyridine rings is 1. The molecule has 2 rings (SSSR count). The number of rotatable bonds is 2. The van der Waals surface area contributed by atoms with E-state index in [-0.39, 0.29) is 5.82 Å². The fraction of sp³-hybridized carbons (Fsp3) is 0.182. The van der Waals surface area contributed by atoms with E-state index in [2.05, 4.69) is 10.1 Å². The zero-order valence-electron chi connectivity index (χ0n) is 9.91. The van der Waals surface area contributed by atoms with Gasteiger partial charge in [-0.25, -0.2) is 9.78 Å². The van der Waals surface area contributed by atoms with Gasteiger partial charge in [0, 0.05) is 11.8 Å². The molecule has 7 heteroatoms. The maximum atomic E-state index is 10.8. The predicted molar refractivity (Wildman–Crippen MR) is 64.6 cm³/mol. The summed E-state index contributed by atoms with van der Waals surface area (Å²) in [7, 11) is 1.49. The molecule has 2 heterocycles. The lowest BCUT2D eigenvalue weighted by molar-refractivity contribution is 0.193. The highest BCUT2D eigenvalue weighted by Crippen LogP contribution is 2.28. The summed E-state index contributed by atoms with van der Waals surface area (Å²) in [5.41, 5.74) is 7.35. The normalized spacial score (nSPS) is 10.3. The van der Waals surface area contributed by atoms with Crippen LogP contribution in [0.1, 0.15) is 5.69 Å². The Hall–Kier alpha value is -2.57. The van der Waals surface area contributed by atoms with Gasteiger partial charge in [0.15, 0.2) is 0 Å². The van der Waals surface area contributed by atoms with Gasteiger partial charge in [-0.15, -0.1) is 4.68 Å². The van der Waals surface area contributed by atoms with Crippen molar-refractivity contribution >= 4 is 11.9 Å². The topological polar surface area (TPSA) is 103 Å². The smallest absolute Gasteiger partial charge is 0.434 e. The Bertz CT molecular complexity index is 606. The van der Waals surface area contributed by atoms with Crippen LogP contribution in [0.25, 0.3) is 11.3 Å². The second-order valence-corrected chi connectivity index (χ2v) is 3.66. The minimum absolute atomic E-state index is 0.0418. The van der Waals surface area contributed by atoms with Crippen LogP contribution in [0.4, 0.5) is 10.6 Å². The number of nitrogen functional groups attached to an aromatic ring is 1. The average molecular weight is 248 g/mol. The van der Waals surface area contributed by atoms with Gasteiger partial charge in [0.05, 0.1) is 12.7 Å². The summed E-state index contributed by atoms with van der Waals surface area (Å²) in [6, 6.07) is 5.01. The van der Waals surface area contributed by atoms with Crippen LogP contribution in [0, 0.1) is 6.92 Å². The van der Waals surface area contributed by atoms with Gasteiger partial charge in [-0.3, -0.25) is 0 Å². The van der Waals surface area contributed by atoms with Crippen LogP contribution in [0.5, 0.6) is 5.88 Å². The molecular weight excluding hydrogens is 236 g/mol. The van der Waals surface area contributed by atoms with Crippen LogP contribution in [0.15, 0.2) is 18.2 Å². The summed E-state index contributed by atoms with van der Waals surface area (Å²) >= 11 is 0. The van der Waals surface area contributed by atoms with Crippen LogP contribution in [-0.4, -0.2) is 33.1 Å². The van der Waals surface area contributed by atoms with Crippen LogP contribution < -0.4 is 10.5 Å². The molecule has 0 bridgehead atoms. The molecule has 2 aromatic heterocycles. The molecule has 94 valence electrons. The summed E-state index contributed by atoms with van der Waals surface area (Å²) in [6.45, 7) is 1.83. The SMILES string of the molecule is COc1nc(C)ccc1-c1cc(N)n(C(=O)O)n1. The maximum Gasteiger partial charge on any atom is 0.434 e. The monoisotopic (exact) mass is 248 g/mol. The number of nitrogens with two attached hydrogens (primary N) is 1. The molecule has 0 aliphatic heterocycles. The van der Waals surface area contributed by atoms with Gasteiger partial charge >= 0.3 is 6.09 Å². The summed E-state index contributed by atoms with van der Waals surface area (Å²) < 4.78 is 5.84.